The van der Waals surface area contributed by atoms with Gasteiger partial charge in [0.05, 0.1) is 11.2 Å². The Morgan fingerprint density at radius 2 is 0.947 bits per heavy atom. The number of allylic oxidation sites excluding steroid dienone is 8. The molecule has 0 spiro atoms. The summed E-state index contributed by atoms with van der Waals surface area (Å²) in [5, 5.41) is 0. The maximum atomic E-state index is 17.3. The Morgan fingerprint density at radius 3 is 1.31 bits per heavy atom. The maximum absolute atomic E-state index is 17.3. The molecule has 0 aliphatic heterocycles. The third-order valence-electron chi connectivity index (χ3n) is 15.7. The Kier molecular flexibility index (Phi) is 22.1. The molecule has 4 aromatic rings. The van der Waals surface area contributed by atoms with Crippen molar-refractivity contribution >= 4 is 19.6 Å². The average Bonchev–Trinajstić information content (AvgIpc) is 4.15. The van der Waals surface area contributed by atoms with Gasteiger partial charge in [-0.05, 0) is 27.7 Å². The molecule has 0 bridgehead atoms. The van der Waals surface area contributed by atoms with Gasteiger partial charge < -0.3 is 9.47 Å². The number of carbonyl (C=O) groups is 2. The fourth-order valence-corrected chi connectivity index (χ4v) is 19.7. The summed E-state index contributed by atoms with van der Waals surface area (Å²) in [4.78, 5) is 31.3. The van der Waals surface area contributed by atoms with Gasteiger partial charge in [0.1, 0.15) is 0 Å². The summed E-state index contributed by atoms with van der Waals surface area (Å²) in [6, 6.07) is 27.9. The van der Waals surface area contributed by atoms with Crippen LogP contribution >= 0.6 is 0 Å². The standard InChI is InChI=1S/2C27H36F2NO2.2C5H5.Ti/c2*1-21(11-10-17-27(2,3)32-4)16-18-30(26(31)24-14-8-9-15-25(24)29)20-23(28)19-22-12-6-5-7-13-22;2*1-2-4-5-3-1;/h2*5-9,12,14-15,21,23H,10-11,16-20H2,1-4H3;2*1-3H,4H2;. The first kappa shape index (κ1) is 59.4. The zero-order chi connectivity index (χ0) is 54.2. The number of rotatable bonds is 30. The van der Waals surface area contributed by atoms with Crippen molar-refractivity contribution in [1.82, 2.24) is 9.80 Å². The van der Waals surface area contributed by atoms with Gasteiger partial charge >= 0.3 is 390 Å². The molecule has 2 amide bonds. The van der Waals surface area contributed by atoms with E-state index in [4.69, 9.17) is 9.47 Å². The first-order valence-electron chi connectivity index (χ1n) is 27.2. The summed E-state index contributed by atoms with van der Waals surface area (Å²) in [7, 11) is 3.43. The quantitative estimate of drug-likeness (QED) is 0.0386. The number of amides is 2. The van der Waals surface area contributed by atoms with Crippen LogP contribution in [0, 0.1) is 23.5 Å². The molecule has 404 valence electrons. The number of halogens is 4. The molecule has 0 aromatic heterocycles. The van der Waals surface area contributed by atoms with E-state index in [2.05, 4.69) is 90.1 Å². The predicted octanol–water partition coefficient (Wildman–Crippen LogP) is 14.0. The predicted molar refractivity (Wildman–Crippen MR) is 295 cm³/mol. The number of hydrogen-bond donors (Lipinski definition) is 0. The molecule has 0 heterocycles. The Labute approximate surface area is 449 Å². The van der Waals surface area contributed by atoms with Crippen molar-refractivity contribution < 1.29 is 53.2 Å². The number of ether oxygens (including phenoxy) is 2. The van der Waals surface area contributed by atoms with E-state index >= 15 is 17.6 Å². The normalized spacial score (nSPS) is 15.4. The van der Waals surface area contributed by atoms with Crippen LogP contribution in [-0.4, -0.2) is 85.6 Å². The van der Waals surface area contributed by atoms with Crippen LogP contribution in [0.1, 0.15) is 138 Å². The molecule has 6 rings (SSSR count). The number of alkyl halides is 2. The average molecular weight is 1070 g/mol. The van der Waals surface area contributed by atoms with Gasteiger partial charge in [0.15, 0.2) is 0 Å². The summed E-state index contributed by atoms with van der Waals surface area (Å²) >= 11 is -4.10. The van der Waals surface area contributed by atoms with Gasteiger partial charge in [-0.2, -0.15) is 0 Å². The van der Waals surface area contributed by atoms with Crippen molar-refractivity contribution in [3.05, 3.63) is 175 Å². The van der Waals surface area contributed by atoms with Crippen molar-refractivity contribution in [3.63, 3.8) is 0 Å². The van der Waals surface area contributed by atoms with E-state index in [-0.39, 0.29) is 73.2 Å². The third-order valence-corrected chi connectivity index (χ3v) is 23.9. The van der Waals surface area contributed by atoms with Gasteiger partial charge in [-0.3, -0.25) is 0 Å². The van der Waals surface area contributed by atoms with Gasteiger partial charge in [-0.15, -0.1) is 0 Å². The molecule has 0 saturated heterocycles. The molecule has 11 heteroatoms. The summed E-state index contributed by atoms with van der Waals surface area (Å²) in [5.41, 5.74) is 1.01. The van der Waals surface area contributed by atoms with E-state index in [1.165, 1.54) is 41.8 Å². The zero-order valence-electron chi connectivity index (χ0n) is 45.9. The van der Waals surface area contributed by atoms with E-state index in [1.807, 2.05) is 36.4 Å². The summed E-state index contributed by atoms with van der Waals surface area (Å²) in [6.07, 6.45) is 18.0. The minimum atomic E-state index is -4.10. The summed E-state index contributed by atoms with van der Waals surface area (Å²) in [5.74, 6) is -1.87. The topological polar surface area (TPSA) is 59.1 Å². The second-order valence-electron chi connectivity index (χ2n) is 22.3. The molecular weight excluding hydrogens is 985 g/mol. The molecule has 0 radical (unpaired) electrons. The first-order valence-corrected chi connectivity index (χ1v) is 30.4. The molecule has 2 aliphatic rings. The van der Waals surface area contributed by atoms with Gasteiger partial charge in [0.25, 0.3) is 0 Å². The molecule has 4 aromatic carbocycles. The Bertz CT molecular complexity index is 2460. The summed E-state index contributed by atoms with van der Waals surface area (Å²) < 4.78 is 81.0. The molecule has 0 N–H and O–H groups in total. The van der Waals surface area contributed by atoms with Gasteiger partial charge in [0, 0.05) is 14.2 Å². The fraction of sp³-hybridized carbons (Fsp3) is 0.469. The molecule has 0 fully saturated rings. The Hall–Kier alpha value is -4.87. The number of nitrogens with zero attached hydrogens (tertiary/aromatic N) is 2. The van der Waals surface area contributed by atoms with E-state index in [1.54, 1.807) is 38.5 Å². The van der Waals surface area contributed by atoms with Crippen molar-refractivity contribution in [3.8, 4) is 0 Å². The van der Waals surface area contributed by atoms with Crippen LogP contribution < -0.4 is 7.74 Å². The molecular formula is C64H82F4N2O4Ti. The van der Waals surface area contributed by atoms with Gasteiger partial charge in [0.2, 0.25) is 0 Å². The first-order chi connectivity index (χ1) is 35.9. The van der Waals surface area contributed by atoms with E-state index in [9.17, 15) is 9.59 Å². The molecule has 75 heavy (non-hydrogen) atoms. The molecule has 4 atom stereocenters. The Morgan fingerprint density at radius 1 is 0.573 bits per heavy atom. The molecule has 4 unspecified atom stereocenters. The molecule has 2 aliphatic carbocycles. The van der Waals surface area contributed by atoms with Crippen molar-refractivity contribution in [1.29, 1.82) is 0 Å². The molecule has 6 nitrogen and oxygen atoms in total. The second-order valence-corrected chi connectivity index (χ2v) is 28.3. The number of benzene rings is 4. The third kappa shape index (κ3) is 16.1. The number of hydrogen-bond acceptors (Lipinski definition) is 4. The Balaban J connectivity index is 1.31. The van der Waals surface area contributed by atoms with Crippen LogP contribution in [0.5, 0.6) is 0 Å². The molecule has 0 saturated carbocycles. The van der Waals surface area contributed by atoms with Gasteiger partial charge in [-0.25, -0.2) is 0 Å². The van der Waals surface area contributed by atoms with Crippen molar-refractivity contribution in [2.75, 3.05) is 40.4 Å². The van der Waals surface area contributed by atoms with E-state index in [0.29, 0.717) is 25.7 Å². The number of carbonyl (C=O) groups excluding carboxylic acids is 2. The van der Waals surface area contributed by atoms with Gasteiger partial charge in [-0.1, -0.05) is 0 Å². The van der Waals surface area contributed by atoms with Crippen LogP contribution in [0.25, 0.3) is 0 Å². The van der Waals surface area contributed by atoms with Crippen LogP contribution in [-0.2, 0) is 38.9 Å². The van der Waals surface area contributed by atoms with Crippen LogP contribution in [0.4, 0.5) is 17.6 Å². The van der Waals surface area contributed by atoms with Crippen LogP contribution in [0.15, 0.2) is 141 Å². The fourth-order valence-electron chi connectivity index (χ4n) is 10.9. The van der Waals surface area contributed by atoms with Crippen LogP contribution in [0.3, 0.4) is 0 Å². The van der Waals surface area contributed by atoms with E-state index in [0.717, 1.165) is 57.4 Å². The summed E-state index contributed by atoms with van der Waals surface area (Å²) in [6.45, 7) is 12.6. The van der Waals surface area contributed by atoms with E-state index < -0.39 is 52.4 Å². The van der Waals surface area contributed by atoms with Crippen molar-refractivity contribution in [2.45, 2.75) is 142 Å². The van der Waals surface area contributed by atoms with Crippen LogP contribution in [0.2, 0.25) is 0 Å². The SMILES string of the molecule is COC(C)(C)CCCC(C)CCN(CC(F)Cc1cccc[c]1[Ti]([C]1=CC=CC1)([C]1=CC=CC1)[c]1ccccc1CC(F)CN(CCC(C)CCCC(C)(C)OC)C(=O)c1ccccc1F)C(=O)c1ccccc1F. The second kappa shape index (κ2) is 28.0. The monoisotopic (exact) mass is 1070 g/mol. The van der Waals surface area contributed by atoms with Crippen molar-refractivity contribution in [2.24, 2.45) is 11.8 Å². The number of methoxy groups -OCH3 is 2. The zero-order valence-corrected chi connectivity index (χ0v) is 47.4. The minimum absolute atomic E-state index is 0.0108.